The summed E-state index contributed by atoms with van der Waals surface area (Å²) in [6, 6.07) is -0.397. The third-order valence-electron chi connectivity index (χ3n) is 2.52. The average Bonchev–Trinajstić information content (AvgIpc) is 2.23. The number of hydrogen-bond acceptors (Lipinski definition) is 3. The van der Waals surface area contributed by atoms with E-state index in [1.165, 1.54) is 0 Å². The number of carbonyl (C=O) groups is 1. The Bertz CT molecular complexity index is 185. The third kappa shape index (κ3) is 5.74. The summed E-state index contributed by atoms with van der Waals surface area (Å²) in [5, 5.41) is 2.84. The van der Waals surface area contributed by atoms with Gasteiger partial charge in [0.2, 0.25) is 5.91 Å². The molecule has 4 nitrogen and oxygen atoms in total. The Morgan fingerprint density at radius 2 is 2.00 bits per heavy atom. The average molecular weight is 216 g/mol. The SMILES string of the molecule is CCOCC(C)NC(=O)[C@@H](N)[C@@H](C)CC. The van der Waals surface area contributed by atoms with Gasteiger partial charge in [-0.05, 0) is 19.8 Å². The van der Waals surface area contributed by atoms with Gasteiger partial charge in [-0.3, -0.25) is 4.79 Å². The Morgan fingerprint density at radius 1 is 1.40 bits per heavy atom. The van der Waals surface area contributed by atoms with Crippen molar-refractivity contribution in [1.29, 1.82) is 0 Å². The van der Waals surface area contributed by atoms with E-state index in [0.29, 0.717) is 13.2 Å². The molecule has 1 amide bonds. The number of rotatable bonds is 7. The minimum atomic E-state index is -0.418. The highest BCUT2D eigenvalue weighted by atomic mass is 16.5. The number of ether oxygens (including phenoxy) is 1. The van der Waals surface area contributed by atoms with Crippen LogP contribution in [0.25, 0.3) is 0 Å². The maximum atomic E-state index is 11.6. The van der Waals surface area contributed by atoms with Crippen LogP contribution in [0.3, 0.4) is 0 Å². The second-order valence-electron chi connectivity index (χ2n) is 3.98. The van der Waals surface area contributed by atoms with Crippen LogP contribution in [0.5, 0.6) is 0 Å². The van der Waals surface area contributed by atoms with Crippen molar-refractivity contribution in [3.8, 4) is 0 Å². The highest BCUT2D eigenvalue weighted by Crippen LogP contribution is 2.05. The molecule has 0 radical (unpaired) electrons. The Morgan fingerprint density at radius 3 is 2.47 bits per heavy atom. The van der Waals surface area contributed by atoms with Gasteiger partial charge < -0.3 is 15.8 Å². The van der Waals surface area contributed by atoms with Crippen LogP contribution in [0.15, 0.2) is 0 Å². The molecule has 3 atom stereocenters. The van der Waals surface area contributed by atoms with Gasteiger partial charge in [0.05, 0.1) is 12.6 Å². The second-order valence-corrected chi connectivity index (χ2v) is 3.98. The first-order valence-corrected chi connectivity index (χ1v) is 5.66. The lowest BCUT2D eigenvalue weighted by atomic mass is 9.99. The van der Waals surface area contributed by atoms with E-state index in [1.807, 2.05) is 27.7 Å². The van der Waals surface area contributed by atoms with Crippen LogP contribution in [0.1, 0.15) is 34.1 Å². The van der Waals surface area contributed by atoms with E-state index in [2.05, 4.69) is 5.32 Å². The molecule has 1 unspecified atom stereocenters. The van der Waals surface area contributed by atoms with E-state index in [9.17, 15) is 4.79 Å². The molecule has 0 fully saturated rings. The third-order valence-corrected chi connectivity index (χ3v) is 2.52. The fraction of sp³-hybridized carbons (Fsp3) is 0.909. The van der Waals surface area contributed by atoms with E-state index in [1.54, 1.807) is 0 Å². The van der Waals surface area contributed by atoms with Crippen molar-refractivity contribution in [2.75, 3.05) is 13.2 Å². The summed E-state index contributed by atoms with van der Waals surface area (Å²) in [4.78, 5) is 11.6. The smallest absolute Gasteiger partial charge is 0.237 e. The highest BCUT2D eigenvalue weighted by molar-refractivity contribution is 5.82. The predicted molar refractivity (Wildman–Crippen MR) is 61.5 cm³/mol. The van der Waals surface area contributed by atoms with Crippen LogP contribution in [-0.4, -0.2) is 31.2 Å². The van der Waals surface area contributed by atoms with E-state index >= 15 is 0 Å². The summed E-state index contributed by atoms with van der Waals surface area (Å²) in [5.41, 5.74) is 5.80. The van der Waals surface area contributed by atoms with Gasteiger partial charge in [0.25, 0.3) is 0 Å². The number of nitrogens with one attached hydrogen (secondary N) is 1. The molecule has 0 saturated carbocycles. The molecule has 0 aromatic rings. The molecule has 3 N–H and O–H groups in total. The fourth-order valence-electron chi connectivity index (χ4n) is 1.19. The summed E-state index contributed by atoms with van der Waals surface area (Å²) < 4.78 is 5.21. The Balaban J connectivity index is 3.90. The van der Waals surface area contributed by atoms with E-state index in [0.717, 1.165) is 6.42 Å². The summed E-state index contributed by atoms with van der Waals surface area (Å²) in [6.45, 7) is 9.06. The monoisotopic (exact) mass is 216 g/mol. The van der Waals surface area contributed by atoms with Crippen molar-refractivity contribution in [2.45, 2.75) is 46.2 Å². The second kappa shape index (κ2) is 7.65. The van der Waals surface area contributed by atoms with E-state index in [-0.39, 0.29) is 17.9 Å². The highest BCUT2D eigenvalue weighted by Gasteiger charge is 2.20. The topological polar surface area (TPSA) is 64.3 Å². The Hall–Kier alpha value is -0.610. The van der Waals surface area contributed by atoms with Crippen LogP contribution in [0.4, 0.5) is 0 Å². The van der Waals surface area contributed by atoms with Crippen LogP contribution in [-0.2, 0) is 9.53 Å². The molecule has 90 valence electrons. The molecule has 0 aliphatic heterocycles. The molecule has 4 heteroatoms. The molecule has 0 aliphatic carbocycles. The number of amides is 1. The zero-order valence-electron chi connectivity index (χ0n) is 10.2. The van der Waals surface area contributed by atoms with Crippen molar-refractivity contribution in [2.24, 2.45) is 11.7 Å². The van der Waals surface area contributed by atoms with Crippen molar-refractivity contribution < 1.29 is 9.53 Å². The standard InChI is InChI=1S/C11H24N2O2/c1-5-8(3)10(12)11(14)13-9(4)7-15-6-2/h8-10H,5-7,12H2,1-4H3,(H,13,14)/t8-,9?,10-/m0/s1. The molecule has 0 spiro atoms. The van der Waals surface area contributed by atoms with Gasteiger partial charge >= 0.3 is 0 Å². The lowest BCUT2D eigenvalue weighted by Crippen LogP contribution is -2.48. The maximum absolute atomic E-state index is 11.6. The lowest BCUT2D eigenvalue weighted by Gasteiger charge is -2.20. The van der Waals surface area contributed by atoms with Crippen LogP contribution in [0.2, 0.25) is 0 Å². The minimum absolute atomic E-state index is 0.0209. The summed E-state index contributed by atoms with van der Waals surface area (Å²) in [6.07, 6.45) is 0.911. The molecule has 0 bridgehead atoms. The number of carbonyl (C=O) groups excluding carboxylic acids is 1. The largest absolute Gasteiger partial charge is 0.380 e. The van der Waals surface area contributed by atoms with Gasteiger partial charge in [0.1, 0.15) is 0 Å². The predicted octanol–water partition coefficient (Wildman–Crippen LogP) is 0.901. The normalized spacial score (nSPS) is 16.9. The molecule has 0 aliphatic rings. The first-order valence-electron chi connectivity index (χ1n) is 5.66. The molecule has 0 aromatic carbocycles. The van der Waals surface area contributed by atoms with Gasteiger partial charge in [-0.2, -0.15) is 0 Å². The first-order chi connectivity index (χ1) is 7.02. The summed E-state index contributed by atoms with van der Waals surface area (Å²) in [5.74, 6) is 0.126. The first kappa shape index (κ1) is 14.4. The van der Waals surface area contributed by atoms with Gasteiger partial charge in [-0.25, -0.2) is 0 Å². The van der Waals surface area contributed by atoms with Crippen molar-refractivity contribution in [1.82, 2.24) is 5.32 Å². The van der Waals surface area contributed by atoms with E-state index < -0.39 is 6.04 Å². The molecule has 0 heterocycles. The summed E-state index contributed by atoms with van der Waals surface area (Å²) >= 11 is 0. The quantitative estimate of drug-likeness (QED) is 0.664. The van der Waals surface area contributed by atoms with Crippen LogP contribution in [0, 0.1) is 5.92 Å². The zero-order valence-corrected chi connectivity index (χ0v) is 10.2. The van der Waals surface area contributed by atoms with E-state index in [4.69, 9.17) is 10.5 Å². The molecular weight excluding hydrogens is 192 g/mol. The zero-order chi connectivity index (χ0) is 11.8. The molecule has 0 saturated heterocycles. The van der Waals surface area contributed by atoms with Gasteiger partial charge in [-0.1, -0.05) is 20.3 Å². The Labute approximate surface area is 92.6 Å². The van der Waals surface area contributed by atoms with Crippen molar-refractivity contribution >= 4 is 5.91 Å². The molecule has 15 heavy (non-hydrogen) atoms. The van der Waals surface area contributed by atoms with Gasteiger partial charge in [-0.15, -0.1) is 0 Å². The van der Waals surface area contributed by atoms with Gasteiger partial charge in [0, 0.05) is 12.6 Å². The number of nitrogens with two attached hydrogens (primary N) is 1. The Kier molecular flexibility index (Phi) is 7.34. The lowest BCUT2D eigenvalue weighted by molar-refractivity contribution is -0.124. The molecule has 0 rings (SSSR count). The number of hydrogen-bond donors (Lipinski definition) is 2. The van der Waals surface area contributed by atoms with Crippen LogP contribution < -0.4 is 11.1 Å². The van der Waals surface area contributed by atoms with Crippen molar-refractivity contribution in [3.05, 3.63) is 0 Å². The van der Waals surface area contributed by atoms with Gasteiger partial charge in [0.15, 0.2) is 0 Å². The van der Waals surface area contributed by atoms with Crippen molar-refractivity contribution in [3.63, 3.8) is 0 Å². The van der Waals surface area contributed by atoms with Crippen LogP contribution >= 0.6 is 0 Å². The maximum Gasteiger partial charge on any atom is 0.237 e. The minimum Gasteiger partial charge on any atom is -0.380 e. The molecular formula is C11H24N2O2. The fourth-order valence-corrected chi connectivity index (χ4v) is 1.19. The summed E-state index contributed by atoms with van der Waals surface area (Å²) in [7, 11) is 0. The molecule has 0 aromatic heterocycles.